The average Bonchev–Trinajstić information content (AvgIpc) is 3.08. The predicted molar refractivity (Wildman–Crippen MR) is 111 cm³/mol. The maximum Gasteiger partial charge on any atom is 0.193 e. The predicted octanol–water partition coefficient (Wildman–Crippen LogP) is 4.72. The first-order valence-electron chi connectivity index (χ1n) is 7.82. The number of methoxy groups -OCH3 is 1. The van der Waals surface area contributed by atoms with Gasteiger partial charge in [-0.2, -0.15) is 10.4 Å². The Morgan fingerprint density at radius 2 is 1.96 bits per heavy atom. The summed E-state index contributed by atoms with van der Waals surface area (Å²) in [5.74, 6) is 1.62. The van der Waals surface area contributed by atoms with Crippen molar-refractivity contribution in [2.45, 2.75) is 4.43 Å². The van der Waals surface area contributed by atoms with Crippen LogP contribution in [0.25, 0.3) is 0 Å². The van der Waals surface area contributed by atoms with Crippen LogP contribution in [0, 0.1) is 11.3 Å². The highest BCUT2D eigenvalue weighted by Gasteiger charge is 2.12. The van der Waals surface area contributed by atoms with Crippen LogP contribution < -0.4 is 10.1 Å². The Bertz CT molecular complexity index is 940. The largest absolute Gasteiger partial charge is 0.497 e. The van der Waals surface area contributed by atoms with Gasteiger partial charge in [0.2, 0.25) is 0 Å². The van der Waals surface area contributed by atoms with Crippen LogP contribution in [0.4, 0.5) is 17.3 Å². The van der Waals surface area contributed by atoms with Gasteiger partial charge in [-0.05, 0) is 35.4 Å². The SMILES string of the molecule is COc1ccc(Nc2[nH]nc(N=Cc3ccc(CI)cc3)c2C#N)cc1. The Hall–Kier alpha value is -2.86. The Labute approximate surface area is 165 Å². The third kappa shape index (κ3) is 4.21. The maximum absolute atomic E-state index is 9.47. The fourth-order valence-corrected chi connectivity index (χ4v) is 2.78. The number of anilines is 2. The van der Waals surface area contributed by atoms with Gasteiger partial charge in [-0.25, -0.2) is 4.99 Å². The lowest BCUT2D eigenvalue weighted by molar-refractivity contribution is 0.415. The molecule has 0 saturated heterocycles. The number of nitrogens with zero attached hydrogens (tertiary/aromatic N) is 3. The highest BCUT2D eigenvalue weighted by molar-refractivity contribution is 14.1. The summed E-state index contributed by atoms with van der Waals surface area (Å²) >= 11 is 2.32. The normalized spacial score (nSPS) is 10.7. The minimum Gasteiger partial charge on any atom is -0.497 e. The minimum atomic E-state index is 0.349. The molecule has 2 aromatic carbocycles. The number of aromatic amines is 1. The van der Waals surface area contributed by atoms with Crippen LogP contribution in [0.2, 0.25) is 0 Å². The molecule has 0 saturated carbocycles. The third-order valence-corrected chi connectivity index (χ3v) is 4.57. The molecular formula is C19H16IN5O. The molecule has 130 valence electrons. The molecule has 0 unspecified atom stereocenters. The summed E-state index contributed by atoms with van der Waals surface area (Å²) in [6, 6.07) is 17.6. The van der Waals surface area contributed by atoms with Gasteiger partial charge >= 0.3 is 0 Å². The Balaban J connectivity index is 1.78. The van der Waals surface area contributed by atoms with Crippen LogP contribution in [0.5, 0.6) is 5.75 Å². The number of nitrogens with one attached hydrogen (secondary N) is 2. The van der Waals surface area contributed by atoms with Crippen LogP contribution in [0.3, 0.4) is 0 Å². The van der Waals surface area contributed by atoms with Crippen molar-refractivity contribution in [2.75, 3.05) is 12.4 Å². The van der Waals surface area contributed by atoms with Gasteiger partial charge in [0, 0.05) is 16.3 Å². The van der Waals surface area contributed by atoms with Gasteiger partial charge in [-0.1, -0.05) is 46.9 Å². The van der Waals surface area contributed by atoms with E-state index in [0.29, 0.717) is 17.2 Å². The summed E-state index contributed by atoms with van der Waals surface area (Å²) in [6.07, 6.45) is 1.70. The molecule has 0 spiro atoms. The van der Waals surface area contributed by atoms with Crippen molar-refractivity contribution in [1.29, 1.82) is 5.26 Å². The third-order valence-electron chi connectivity index (χ3n) is 3.69. The molecule has 3 rings (SSSR count). The first-order chi connectivity index (χ1) is 12.7. The molecule has 2 N–H and O–H groups in total. The van der Waals surface area contributed by atoms with Crippen molar-refractivity contribution < 1.29 is 4.74 Å². The fraction of sp³-hybridized carbons (Fsp3) is 0.105. The van der Waals surface area contributed by atoms with E-state index in [1.54, 1.807) is 13.3 Å². The van der Waals surface area contributed by atoms with Crippen LogP contribution in [-0.2, 0) is 4.43 Å². The van der Waals surface area contributed by atoms with E-state index in [-0.39, 0.29) is 0 Å². The lowest BCUT2D eigenvalue weighted by atomic mass is 10.2. The standard InChI is InChI=1S/C19H16IN5O/c1-26-16-8-6-15(7-9-16)23-19-17(11-21)18(24-25-19)22-12-14-4-2-13(10-20)3-5-14/h2-9,12H,10H2,1H3,(H2,23,24,25). The zero-order chi connectivity index (χ0) is 18.4. The summed E-state index contributed by atoms with van der Waals surface area (Å²) in [4.78, 5) is 4.34. The summed E-state index contributed by atoms with van der Waals surface area (Å²) in [5, 5.41) is 19.6. The molecule has 7 heteroatoms. The number of nitriles is 1. The summed E-state index contributed by atoms with van der Waals surface area (Å²) in [7, 11) is 1.62. The number of hydrogen-bond donors (Lipinski definition) is 2. The zero-order valence-electron chi connectivity index (χ0n) is 14.0. The zero-order valence-corrected chi connectivity index (χ0v) is 16.2. The lowest BCUT2D eigenvalue weighted by Gasteiger charge is -2.05. The number of benzene rings is 2. The monoisotopic (exact) mass is 457 g/mol. The molecule has 26 heavy (non-hydrogen) atoms. The van der Waals surface area contributed by atoms with Gasteiger partial charge < -0.3 is 10.1 Å². The molecule has 3 aromatic rings. The molecule has 0 atom stereocenters. The highest BCUT2D eigenvalue weighted by Crippen LogP contribution is 2.26. The first kappa shape index (κ1) is 17.9. The van der Waals surface area contributed by atoms with E-state index in [1.165, 1.54) is 5.56 Å². The fourth-order valence-electron chi connectivity index (χ4n) is 2.27. The van der Waals surface area contributed by atoms with Crippen molar-refractivity contribution >= 4 is 46.1 Å². The number of aliphatic imine (C=N–C) groups is 1. The number of H-pyrrole nitrogens is 1. The Kier molecular flexibility index (Phi) is 5.86. The topological polar surface area (TPSA) is 86.1 Å². The first-order valence-corrected chi connectivity index (χ1v) is 9.34. The Morgan fingerprint density at radius 1 is 1.23 bits per heavy atom. The minimum absolute atomic E-state index is 0.349. The second-order valence-corrected chi connectivity index (χ2v) is 6.16. The quantitative estimate of drug-likeness (QED) is 0.319. The van der Waals surface area contributed by atoms with Crippen LogP contribution in [0.1, 0.15) is 16.7 Å². The highest BCUT2D eigenvalue weighted by atomic mass is 127. The van der Waals surface area contributed by atoms with E-state index >= 15 is 0 Å². The molecule has 1 aromatic heterocycles. The summed E-state index contributed by atoms with van der Waals surface area (Å²) in [6.45, 7) is 0. The molecule has 0 radical (unpaired) electrons. The molecular weight excluding hydrogens is 441 g/mol. The summed E-state index contributed by atoms with van der Waals surface area (Å²) < 4.78 is 6.10. The van der Waals surface area contributed by atoms with Gasteiger partial charge in [0.15, 0.2) is 5.82 Å². The summed E-state index contributed by atoms with van der Waals surface area (Å²) in [5.41, 5.74) is 3.39. The van der Waals surface area contributed by atoms with E-state index < -0.39 is 0 Å². The van der Waals surface area contributed by atoms with Crippen molar-refractivity contribution in [3.63, 3.8) is 0 Å². The lowest BCUT2D eigenvalue weighted by Crippen LogP contribution is -1.93. The Morgan fingerprint density at radius 3 is 2.58 bits per heavy atom. The molecule has 0 fully saturated rings. The average molecular weight is 457 g/mol. The number of ether oxygens (including phenoxy) is 1. The molecule has 0 amide bonds. The van der Waals surface area contributed by atoms with E-state index in [9.17, 15) is 5.26 Å². The van der Waals surface area contributed by atoms with Gasteiger partial charge in [0.1, 0.15) is 23.2 Å². The van der Waals surface area contributed by atoms with Crippen molar-refractivity contribution in [1.82, 2.24) is 10.2 Å². The van der Waals surface area contributed by atoms with Gasteiger partial charge in [-0.15, -0.1) is 0 Å². The van der Waals surface area contributed by atoms with Crippen LogP contribution >= 0.6 is 22.6 Å². The number of rotatable bonds is 6. The van der Waals surface area contributed by atoms with E-state index in [4.69, 9.17) is 4.74 Å². The second-order valence-electron chi connectivity index (χ2n) is 5.40. The maximum atomic E-state index is 9.47. The van der Waals surface area contributed by atoms with Crippen molar-refractivity contribution in [3.8, 4) is 11.8 Å². The number of aromatic nitrogens is 2. The van der Waals surface area contributed by atoms with Gasteiger partial charge in [0.25, 0.3) is 0 Å². The molecule has 6 nitrogen and oxygen atoms in total. The molecule has 0 aliphatic carbocycles. The van der Waals surface area contributed by atoms with Crippen LogP contribution in [0.15, 0.2) is 53.5 Å². The smallest absolute Gasteiger partial charge is 0.193 e. The second kappa shape index (κ2) is 8.49. The van der Waals surface area contributed by atoms with Gasteiger partial charge in [-0.3, -0.25) is 5.10 Å². The van der Waals surface area contributed by atoms with Crippen molar-refractivity contribution in [2.24, 2.45) is 4.99 Å². The molecule has 1 heterocycles. The molecule has 0 aliphatic heterocycles. The number of alkyl halides is 1. The van der Waals surface area contributed by atoms with Crippen LogP contribution in [-0.4, -0.2) is 23.5 Å². The van der Waals surface area contributed by atoms with E-state index in [0.717, 1.165) is 21.4 Å². The van der Waals surface area contributed by atoms with E-state index in [2.05, 4.69) is 61.3 Å². The molecule has 0 bridgehead atoms. The van der Waals surface area contributed by atoms with E-state index in [1.807, 2.05) is 36.4 Å². The number of halogens is 1. The number of hydrogen-bond acceptors (Lipinski definition) is 5. The molecule has 0 aliphatic rings. The van der Waals surface area contributed by atoms with Gasteiger partial charge in [0.05, 0.1) is 7.11 Å². The van der Waals surface area contributed by atoms with Crippen molar-refractivity contribution in [3.05, 3.63) is 65.2 Å².